The van der Waals surface area contributed by atoms with E-state index in [4.69, 9.17) is 4.74 Å². The molecule has 1 aromatic carbocycles. The molecule has 0 atom stereocenters. The molecule has 1 amide bonds. The normalized spacial score (nSPS) is 15.9. The van der Waals surface area contributed by atoms with Gasteiger partial charge in [-0.3, -0.25) is 9.59 Å². The zero-order valence-corrected chi connectivity index (χ0v) is 12.6. The van der Waals surface area contributed by atoms with Crippen LogP contribution in [-0.4, -0.2) is 51.0 Å². The molecule has 1 fully saturated rings. The Balaban J connectivity index is 1.88. The first-order valence-corrected chi connectivity index (χ1v) is 8.48. The molecule has 7 heteroatoms. The molecule has 1 aliphatic heterocycles. The van der Waals surface area contributed by atoms with Crippen LogP contribution in [0.15, 0.2) is 29.2 Å². The molecular weight excluding hydrogens is 294 g/mol. The Hall–Kier alpha value is -1.89. The molecule has 0 radical (unpaired) electrons. The molecule has 114 valence electrons. The summed E-state index contributed by atoms with van der Waals surface area (Å²) < 4.78 is 28.0. The van der Waals surface area contributed by atoms with Gasteiger partial charge in [0.25, 0.3) is 5.91 Å². The molecule has 21 heavy (non-hydrogen) atoms. The summed E-state index contributed by atoms with van der Waals surface area (Å²) in [5, 5.41) is 0. The van der Waals surface area contributed by atoms with Gasteiger partial charge in [-0.05, 0) is 24.3 Å². The highest BCUT2D eigenvalue weighted by atomic mass is 32.2. The van der Waals surface area contributed by atoms with Gasteiger partial charge in [-0.2, -0.15) is 0 Å². The number of rotatable bonds is 4. The fraction of sp³-hybridized carbons (Fsp3) is 0.429. The van der Waals surface area contributed by atoms with E-state index in [0.717, 1.165) is 6.26 Å². The molecule has 0 aliphatic carbocycles. The number of ketones is 1. The zero-order chi connectivity index (χ0) is 15.5. The number of carbonyl (C=O) groups excluding carboxylic acids is 2. The lowest BCUT2D eigenvalue weighted by atomic mass is 10.1. The third kappa shape index (κ3) is 4.29. The number of sulfone groups is 1. The first kappa shape index (κ1) is 15.5. The summed E-state index contributed by atoms with van der Waals surface area (Å²) >= 11 is 0. The predicted octanol–water partition coefficient (Wildman–Crippen LogP) is 0.660. The van der Waals surface area contributed by atoms with Gasteiger partial charge in [-0.1, -0.05) is 0 Å². The minimum atomic E-state index is -3.24. The molecule has 1 aliphatic rings. The van der Waals surface area contributed by atoms with Crippen LogP contribution >= 0.6 is 0 Å². The van der Waals surface area contributed by atoms with Gasteiger partial charge in [0.15, 0.2) is 16.4 Å². The number of ether oxygens (including phenoxy) is 1. The topological polar surface area (TPSA) is 80.8 Å². The Morgan fingerprint density at radius 2 is 1.76 bits per heavy atom. The van der Waals surface area contributed by atoms with Crippen molar-refractivity contribution in [2.45, 2.75) is 17.7 Å². The fourth-order valence-corrected chi connectivity index (χ4v) is 2.66. The van der Waals surface area contributed by atoms with E-state index in [1.807, 2.05) is 0 Å². The van der Waals surface area contributed by atoms with Gasteiger partial charge in [0.2, 0.25) is 0 Å². The van der Waals surface area contributed by atoms with Crippen LogP contribution in [-0.2, 0) is 19.4 Å². The molecule has 2 rings (SSSR count). The summed E-state index contributed by atoms with van der Waals surface area (Å²) in [6.45, 7) is 0.758. The van der Waals surface area contributed by atoms with E-state index in [1.54, 1.807) is 4.90 Å². The molecule has 6 nitrogen and oxygen atoms in total. The standard InChI is InChI=1S/C14H17NO5S/c1-21(18,19)13-4-2-12(3-5-13)20-10-14(17)15-8-6-11(16)7-9-15/h2-5H,6-10H2,1H3. The summed E-state index contributed by atoms with van der Waals surface area (Å²) in [6, 6.07) is 5.91. The van der Waals surface area contributed by atoms with Crippen molar-refractivity contribution in [1.29, 1.82) is 0 Å². The summed E-state index contributed by atoms with van der Waals surface area (Å²) in [5.41, 5.74) is 0. The van der Waals surface area contributed by atoms with Gasteiger partial charge in [-0.15, -0.1) is 0 Å². The molecule has 0 N–H and O–H groups in total. The Bertz CT molecular complexity index is 626. The van der Waals surface area contributed by atoms with E-state index >= 15 is 0 Å². The van der Waals surface area contributed by atoms with Crippen molar-refractivity contribution in [3.63, 3.8) is 0 Å². The molecule has 0 spiro atoms. The van der Waals surface area contributed by atoms with Crippen LogP contribution in [0.2, 0.25) is 0 Å². The highest BCUT2D eigenvalue weighted by Gasteiger charge is 2.20. The minimum absolute atomic E-state index is 0.119. The third-order valence-electron chi connectivity index (χ3n) is 3.29. The van der Waals surface area contributed by atoms with Crippen molar-refractivity contribution in [1.82, 2.24) is 4.90 Å². The lowest BCUT2D eigenvalue weighted by Gasteiger charge is -2.25. The SMILES string of the molecule is CS(=O)(=O)c1ccc(OCC(=O)N2CCC(=O)CC2)cc1. The van der Waals surface area contributed by atoms with Gasteiger partial charge < -0.3 is 9.64 Å². The molecule has 1 saturated heterocycles. The number of Topliss-reactive ketones (excluding diaryl/α,β-unsaturated/α-hetero) is 1. The summed E-state index contributed by atoms with van der Waals surface area (Å²) in [4.78, 5) is 24.8. The third-order valence-corrected chi connectivity index (χ3v) is 4.42. The average molecular weight is 311 g/mol. The summed E-state index contributed by atoms with van der Waals surface area (Å²) in [5.74, 6) is 0.440. The maximum Gasteiger partial charge on any atom is 0.260 e. The number of nitrogens with zero attached hydrogens (tertiary/aromatic N) is 1. The van der Waals surface area contributed by atoms with Crippen molar-refractivity contribution in [3.8, 4) is 5.75 Å². The smallest absolute Gasteiger partial charge is 0.260 e. The second kappa shape index (κ2) is 6.26. The maximum absolute atomic E-state index is 11.9. The molecular formula is C14H17NO5S. The van der Waals surface area contributed by atoms with Gasteiger partial charge in [0, 0.05) is 32.2 Å². The van der Waals surface area contributed by atoms with E-state index in [0.29, 0.717) is 31.7 Å². The van der Waals surface area contributed by atoms with E-state index < -0.39 is 9.84 Å². The van der Waals surface area contributed by atoms with Crippen LogP contribution in [0.4, 0.5) is 0 Å². The summed E-state index contributed by atoms with van der Waals surface area (Å²) in [6.07, 6.45) is 1.92. The fourth-order valence-electron chi connectivity index (χ4n) is 2.02. The van der Waals surface area contributed by atoms with Gasteiger partial charge >= 0.3 is 0 Å². The van der Waals surface area contributed by atoms with E-state index in [-0.39, 0.29) is 23.2 Å². The Kier molecular flexibility index (Phi) is 4.62. The number of benzene rings is 1. The number of hydrogen-bond donors (Lipinski definition) is 0. The monoisotopic (exact) mass is 311 g/mol. The summed E-state index contributed by atoms with van der Waals surface area (Å²) in [7, 11) is -3.24. The van der Waals surface area contributed by atoms with Crippen molar-refractivity contribution in [2.24, 2.45) is 0 Å². The van der Waals surface area contributed by atoms with Crippen molar-refractivity contribution in [3.05, 3.63) is 24.3 Å². The van der Waals surface area contributed by atoms with Crippen molar-refractivity contribution < 1.29 is 22.7 Å². The Morgan fingerprint density at radius 3 is 2.29 bits per heavy atom. The average Bonchev–Trinajstić information content (AvgIpc) is 2.45. The van der Waals surface area contributed by atoms with Crippen LogP contribution < -0.4 is 4.74 Å². The largest absolute Gasteiger partial charge is 0.484 e. The zero-order valence-electron chi connectivity index (χ0n) is 11.7. The highest BCUT2D eigenvalue weighted by molar-refractivity contribution is 7.90. The second-order valence-corrected chi connectivity index (χ2v) is 6.97. The van der Waals surface area contributed by atoms with Crippen molar-refractivity contribution in [2.75, 3.05) is 26.0 Å². The molecule has 0 bridgehead atoms. The van der Waals surface area contributed by atoms with Crippen LogP contribution in [0, 0.1) is 0 Å². The molecule has 1 aromatic rings. The van der Waals surface area contributed by atoms with E-state index in [9.17, 15) is 18.0 Å². The minimum Gasteiger partial charge on any atom is -0.484 e. The highest BCUT2D eigenvalue weighted by Crippen LogP contribution is 2.16. The van der Waals surface area contributed by atoms with Crippen LogP contribution in [0.25, 0.3) is 0 Å². The predicted molar refractivity (Wildman–Crippen MR) is 75.9 cm³/mol. The quantitative estimate of drug-likeness (QED) is 0.816. The van der Waals surface area contributed by atoms with Gasteiger partial charge in [0.1, 0.15) is 11.5 Å². The molecule has 0 saturated carbocycles. The lowest BCUT2D eigenvalue weighted by Crippen LogP contribution is -2.41. The molecule has 0 aromatic heterocycles. The number of amides is 1. The van der Waals surface area contributed by atoms with Gasteiger partial charge in [-0.25, -0.2) is 8.42 Å². The number of likely N-dealkylation sites (tertiary alicyclic amines) is 1. The lowest BCUT2D eigenvalue weighted by molar-refractivity contribution is -0.136. The van der Waals surface area contributed by atoms with E-state index in [1.165, 1.54) is 24.3 Å². The second-order valence-electron chi connectivity index (χ2n) is 4.95. The van der Waals surface area contributed by atoms with Crippen LogP contribution in [0.5, 0.6) is 5.75 Å². The number of hydrogen-bond acceptors (Lipinski definition) is 5. The Morgan fingerprint density at radius 1 is 1.19 bits per heavy atom. The first-order chi connectivity index (χ1) is 9.86. The maximum atomic E-state index is 11.9. The molecule has 0 unspecified atom stereocenters. The van der Waals surface area contributed by atoms with Crippen LogP contribution in [0.3, 0.4) is 0 Å². The molecule has 1 heterocycles. The van der Waals surface area contributed by atoms with Gasteiger partial charge in [0.05, 0.1) is 4.90 Å². The van der Waals surface area contributed by atoms with Crippen LogP contribution in [0.1, 0.15) is 12.8 Å². The number of carbonyl (C=O) groups is 2. The Labute approximate surface area is 123 Å². The number of piperidine rings is 1. The van der Waals surface area contributed by atoms with Crippen molar-refractivity contribution >= 4 is 21.5 Å². The first-order valence-electron chi connectivity index (χ1n) is 6.58. The van der Waals surface area contributed by atoms with E-state index in [2.05, 4.69) is 0 Å².